The maximum absolute atomic E-state index is 6.03. The van der Waals surface area contributed by atoms with E-state index in [0.29, 0.717) is 10.9 Å². The van der Waals surface area contributed by atoms with Crippen molar-refractivity contribution >= 4 is 29.1 Å². The summed E-state index contributed by atoms with van der Waals surface area (Å²) in [4.78, 5) is 9.32. The number of rotatable bonds is 2. The normalized spacial score (nSPS) is 12.0. The summed E-state index contributed by atoms with van der Waals surface area (Å²) < 4.78 is 1.69. The van der Waals surface area contributed by atoms with Crippen LogP contribution in [0.3, 0.4) is 0 Å². The van der Waals surface area contributed by atoms with Crippen molar-refractivity contribution in [1.29, 1.82) is 0 Å². The summed E-state index contributed by atoms with van der Waals surface area (Å²) in [7, 11) is 0. The van der Waals surface area contributed by atoms with Crippen molar-refractivity contribution in [1.82, 2.24) is 19.6 Å². The Balaban J connectivity index is 1.93. The Kier molecular flexibility index (Phi) is 3.63. The van der Waals surface area contributed by atoms with Crippen LogP contribution >= 0.6 is 23.4 Å². The van der Waals surface area contributed by atoms with Gasteiger partial charge >= 0.3 is 0 Å². The van der Waals surface area contributed by atoms with Gasteiger partial charge in [0.1, 0.15) is 16.5 Å². The highest BCUT2D eigenvalue weighted by Crippen LogP contribution is 2.31. The van der Waals surface area contributed by atoms with E-state index in [9.17, 15) is 0 Å². The molecular formula is C15H15ClN4S. The van der Waals surface area contributed by atoms with Crippen molar-refractivity contribution in [2.24, 2.45) is 0 Å². The minimum absolute atomic E-state index is 0.155. The Morgan fingerprint density at radius 1 is 1.14 bits per heavy atom. The van der Waals surface area contributed by atoms with E-state index < -0.39 is 0 Å². The second kappa shape index (κ2) is 5.31. The van der Waals surface area contributed by atoms with Gasteiger partial charge < -0.3 is 0 Å². The van der Waals surface area contributed by atoms with Gasteiger partial charge in [0, 0.05) is 11.0 Å². The Morgan fingerprint density at radius 2 is 1.86 bits per heavy atom. The van der Waals surface area contributed by atoms with Crippen molar-refractivity contribution in [2.75, 3.05) is 0 Å². The van der Waals surface area contributed by atoms with Crippen LogP contribution in [-0.2, 0) is 5.41 Å². The Hall–Kier alpha value is -1.59. The molecule has 4 nitrogen and oxygen atoms in total. The molecule has 0 bridgehead atoms. The van der Waals surface area contributed by atoms with E-state index in [1.165, 1.54) is 11.9 Å². The van der Waals surface area contributed by atoms with E-state index in [0.717, 1.165) is 9.92 Å². The average molecular weight is 319 g/mol. The summed E-state index contributed by atoms with van der Waals surface area (Å²) in [6.45, 7) is 6.62. The standard InChI is InChI=1S/C15H15ClN4S/c1-15(2,3)10-4-6-11(7-5-10)21-13-8-12(16)19-14-17-9-18-20(13)14/h4-9H,1-3H3. The van der Waals surface area contributed by atoms with Gasteiger partial charge in [0.15, 0.2) is 0 Å². The highest BCUT2D eigenvalue weighted by molar-refractivity contribution is 7.99. The van der Waals surface area contributed by atoms with Crippen LogP contribution in [0, 0.1) is 0 Å². The summed E-state index contributed by atoms with van der Waals surface area (Å²) in [5.41, 5.74) is 1.47. The van der Waals surface area contributed by atoms with E-state index in [1.807, 2.05) is 0 Å². The molecule has 0 aliphatic rings. The van der Waals surface area contributed by atoms with E-state index in [1.54, 1.807) is 22.3 Å². The fourth-order valence-corrected chi connectivity index (χ4v) is 3.12. The largest absolute Gasteiger partial charge is 0.254 e. The molecule has 2 heterocycles. The Bertz CT molecular complexity index is 774. The van der Waals surface area contributed by atoms with E-state index in [-0.39, 0.29) is 5.41 Å². The average Bonchev–Trinajstić information content (AvgIpc) is 2.86. The zero-order valence-electron chi connectivity index (χ0n) is 12.0. The fourth-order valence-electron chi connectivity index (χ4n) is 1.97. The minimum atomic E-state index is 0.155. The summed E-state index contributed by atoms with van der Waals surface area (Å²) >= 11 is 7.62. The van der Waals surface area contributed by atoms with Crippen LogP contribution in [0.4, 0.5) is 0 Å². The van der Waals surface area contributed by atoms with Gasteiger partial charge in [-0.05, 0) is 23.1 Å². The van der Waals surface area contributed by atoms with Crippen molar-refractivity contribution in [3.8, 4) is 0 Å². The van der Waals surface area contributed by atoms with Gasteiger partial charge in [-0.1, -0.05) is 56.3 Å². The third kappa shape index (κ3) is 3.04. The van der Waals surface area contributed by atoms with Crippen LogP contribution in [0.25, 0.3) is 5.78 Å². The molecule has 0 saturated heterocycles. The van der Waals surface area contributed by atoms with Crippen LogP contribution in [0.1, 0.15) is 26.3 Å². The maximum Gasteiger partial charge on any atom is 0.254 e. The van der Waals surface area contributed by atoms with E-state index >= 15 is 0 Å². The van der Waals surface area contributed by atoms with Crippen LogP contribution < -0.4 is 0 Å². The molecule has 0 radical (unpaired) electrons. The van der Waals surface area contributed by atoms with Gasteiger partial charge in [0.05, 0.1) is 0 Å². The molecule has 3 aromatic rings. The summed E-state index contributed by atoms with van der Waals surface area (Å²) in [6.07, 6.45) is 1.48. The molecule has 6 heteroatoms. The molecule has 0 N–H and O–H groups in total. The van der Waals surface area contributed by atoms with Crippen molar-refractivity contribution in [3.05, 3.63) is 47.4 Å². The van der Waals surface area contributed by atoms with E-state index in [4.69, 9.17) is 11.6 Å². The summed E-state index contributed by atoms with van der Waals surface area (Å²) in [6, 6.07) is 10.3. The summed E-state index contributed by atoms with van der Waals surface area (Å²) in [5, 5.41) is 5.49. The molecule has 0 unspecified atom stereocenters. The first-order chi connectivity index (χ1) is 9.93. The van der Waals surface area contributed by atoms with Gasteiger partial charge in [-0.2, -0.15) is 19.6 Å². The summed E-state index contributed by atoms with van der Waals surface area (Å²) in [5.74, 6) is 0.510. The van der Waals surface area contributed by atoms with Gasteiger partial charge in [-0.3, -0.25) is 0 Å². The van der Waals surface area contributed by atoms with Crippen molar-refractivity contribution in [3.63, 3.8) is 0 Å². The first-order valence-electron chi connectivity index (χ1n) is 6.58. The molecule has 0 aliphatic heterocycles. The monoisotopic (exact) mass is 318 g/mol. The molecule has 0 atom stereocenters. The molecule has 2 aromatic heterocycles. The van der Waals surface area contributed by atoms with Gasteiger partial charge in [-0.25, -0.2) is 0 Å². The highest BCUT2D eigenvalue weighted by Gasteiger charge is 2.13. The third-order valence-corrected chi connectivity index (χ3v) is 4.33. The van der Waals surface area contributed by atoms with Gasteiger partial charge in [0.25, 0.3) is 5.78 Å². The first-order valence-corrected chi connectivity index (χ1v) is 7.77. The predicted octanol–water partition coefficient (Wildman–Crippen LogP) is 4.23. The molecule has 0 saturated carbocycles. The SMILES string of the molecule is CC(C)(C)c1ccc(Sc2cc(Cl)nc3ncnn23)cc1. The third-order valence-electron chi connectivity index (χ3n) is 3.13. The zero-order valence-corrected chi connectivity index (χ0v) is 13.6. The van der Waals surface area contributed by atoms with Gasteiger partial charge in [0.2, 0.25) is 0 Å². The first kappa shape index (κ1) is 14.4. The lowest BCUT2D eigenvalue weighted by Gasteiger charge is -2.19. The number of hydrogen-bond donors (Lipinski definition) is 0. The zero-order chi connectivity index (χ0) is 15.0. The lowest BCUT2D eigenvalue weighted by atomic mass is 9.87. The molecule has 21 heavy (non-hydrogen) atoms. The topological polar surface area (TPSA) is 43.1 Å². The molecule has 0 fully saturated rings. The molecule has 3 rings (SSSR count). The minimum Gasteiger partial charge on any atom is -0.199 e. The quantitative estimate of drug-likeness (QED) is 0.663. The maximum atomic E-state index is 6.03. The molecule has 1 aromatic carbocycles. The number of benzene rings is 1. The number of hydrogen-bond acceptors (Lipinski definition) is 4. The molecule has 0 amide bonds. The second-order valence-electron chi connectivity index (χ2n) is 5.77. The van der Waals surface area contributed by atoms with Crippen LogP contribution in [0.5, 0.6) is 0 Å². The van der Waals surface area contributed by atoms with Crippen LogP contribution in [0.15, 0.2) is 46.6 Å². The number of fused-ring (bicyclic) bond motifs is 1. The Labute approximate surface area is 132 Å². The fraction of sp³-hybridized carbons (Fsp3) is 0.267. The highest BCUT2D eigenvalue weighted by atomic mass is 35.5. The Morgan fingerprint density at radius 3 is 2.52 bits per heavy atom. The number of nitrogens with zero attached hydrogens (tertiary/aromatic N) is 4. The van der Waals surface area contributed by atoms with Crippen molar-refractivity contribution < 1.29 is 0 Å². The molecule has 0 spiro atoms. The lowest BCUT2D eigenvalue weighted by Crippen LogP contribution is -2.10. The van der Waals surface area contributed by atoms with Gasteiger partial charge in [-0.15, -0.1) is 0 Å². The van der Waals surface area contributed by atoms with E-state index in [2.05, 4.69) is 60.1 Å². The second-order valence-corrected chi connectivity index (χ2v) is 7.25. The molecular weight excluding hydrogens is 304 g/mol. The molecule has 0 aliphatic carbocycles. The molecule has 108 valence electrons. The smallest absolute Gasteiger partial charge is 0.199 e. The predicted molar refractivity (Wildman–Crippen MR) is 85.1 cm³/mol. The van der Waals surface area contributed by atoms with Crippen molar-refractivity contribution in [2.45, 2.75) is 36.1 Å². The lowest BCUT2D eigenvalue weighted by molar-refractivity contribution is 0.590. The van der Waals surface area contributed by atoms with Crippen LogP contribution in [0.2, 0.25) is 5.15 Å². The van der Waals surface area contributed by atoms with Crippen LogP contribution in [-0.4, -0.2) is 19.6 Å². The number of halogens is 1. The number of aromatic nitrogens is 4.